The zero-order chi connectivity index (χ0) is 16.5. The first-order valence-corrected chi connectivity index (χ1v) is 8.04. The third-order valence-electron chi connectivity index (χ3n) is 3.12. The van der Waals surface area contributed by atoms with Crippen molar-refractivity contribution in [2.45, 2.75) is 38.3 Å². The minimum absolute atomic E-state index is 0.452. The molecule has 120 valence electrons. The standard InChI is InChI=1S/C14H16F3N3OS/c1-4-5-22(21)12-7-11(9(2)6-10(12)3)20-8-18-13(19-20)14(15,16)17/h6-8H,4-5H2,1-3H3. The van der Waals surface area contributed by atoms with E-state index in [0.29, 0.717) is 16.3 Å². The Balaban J connectivity index is 2.47. The van der Waals surface area contributed by atoms with Gasteiger partial charge in [-0.1, -0.05) is 6.92 Å². The van der Waals surface area contributed by atoms with Crippen LogP contribution in [0.5, 0.6) is 0 Å². The molecule has 0 bridgehead atoms. The maximum Gasteiger partial charge on any atom is 0.453 e. The van der Waals surface area contributed by atoms with Crippen LogP contribution in [-0.4, -0.2) is 25.1 Å². The summed E-state index contributed by atoms with van der Waals surface area (Å²) in [5, 5.41) is 3.47. The number of hydrogen-bond donors (Lipinski definition) is 0. The van der Waals surface area contributed by atoms with E-state index in [9.17, 15) is 17.7 Å². The summed E-state index contributed by atoms with van der Waals surface area (Å²) >= 11 is -1.18. The second kappa shape index (κ2) is 6.29. The fraction of sp³-hybridized carbons (Fsp3) is 0.429. The molecule has 0 amide bonds. The van der Waals surface area contributed by atoms with Crippen molar-refractivity contribution in [3.63, 3.8) is 0 Å². The highest BCUT2D eigenvalue weighted by Crippen LogP contribution is 2.28. The molecule has 1 unspecified atom stereocenters. The Bertz CT molecular complexity index is 670. The largest absolute Gasteiger partial charge is 0.611 e. The van der Waals surface area contributed by atoms with E-state index in [2.05, 4.69) is 10.1 Å². The average Bonchev–Trinajstić information content (AvgIpc) is 2.88. The summed E-state index contributed by atoms with van der Waals surface area (Å²) in [5.41, 5.74) is 2.05. The lowest BCUT2D eigenvalue weighted by molar-refractivity contribution is -0.144. The third-order valence-corrected chi connectivity index (χ3v) is 4.83. The summed E-state index contributed by atoms with van der Waals surface area (Å²) in [6.45, 7) is 5.53. The number of benzene rings is 1. The van der Waals surface area contributed by atoms with Gasteiger partial charge in [0.15, 0.2) is 4.90 Å². The maximum atomic E-state index is 12.6. The van der Waals surface area contributed by atoms with Crippen molar-refractivity contribution in [3.8, 4) is 5.69 Å². The smallest absolute Gasteiger partial charge is 0.453 e. The normalized spacial score (nSPS) is 13.4. The Hall–Kier alpha value is -1.54. The minimum atomic E-state index is -4.59. The van der Waals surface area contributed by atoms with Crippen LogP contribution in [0.4, 0.5) is 13.2 Å². The van der Waals surface area contributed by atoms with Crippen molar-refractivity contribution < 1.29 is 17.7 Å². The lowest BCUT2D eigenvalue weighted by Gasteiger charge is -2.15. The van der Waals surface area contributed by atoms with Crippen LogP contribution in [0, 0.1) is 13.8 Å². The van der Waals surface area contributed by atoms with Gasteiger partial charge in [0.1, 0.15) is 12.1 Å². The fourth-order valence-corrected chi connectivity index (χ4v) is 3.37. The molecule has 0 aliphatic heterocycles. The summed E-state index contributed by atoms with van der Waals surface area (Å²) in [7, 11) is 0. The molecule has 0 fully saturated rings. The van der Waals surface area contributed by atoms with Gasteiger partial charge in [-0.3, -0.25) is 0 Å². The van der Waals surface area contributed by atoms with E-state index in [4.69, 9.17) is 0 Å². The molecule has 0 saturated carbocycles. The molecule has 0 aliphatic rings. The first-order valence-electron chi connectivity index (χ1n) is 6.73. The average molecular weight is 331 g/mol. The van der Waals surface area contributed by atoms with Gasteiger partial charge in [0.2, 0.25) is 0 Å². The van der Waals surface area contributed by atoms with E-state index in [1.165, 1.54) is 0 Å². The lowest BCUT2D eigenvalue weighted by Crippen LogP contribution is -2.11. The third kappa shape index (κ3) is 3.44. The molecule has 0 spiro atoms. The summed E-state index contributed by atoms with van der Waals surface area (Å²) in [6.07, 6.45) is -2.80. The van der Waals surface area contributed by atoms with Crippen molar-refractivity contribution in [1.29, 1.82) is 0 Å². The fourth-order valence-electron chi connectivity index (χ4n) is 2.12. The second-order valence-corrected chi connectivity index (χ2v) is 6.50. The SMILES string of the molecule is CCC[S+]([O-])c1cc(-n2cnc(C(F)(F)F)n2)c(C)cc1C. The molecule has 22 heavy (non-hydrogen) atoms. The molecule has 0 aliphatic carbocycles. The quantitative estimate of drug-likeness (QED) is 0.807. The van der Waals surface area contributed by atoms with Crippen LogP contribution >= 0.6 is 0 Å². The number of rotatable bonds is 4. The van der Waals surface area contributed by atoms with Crippen molar-refractivity contribution >= 4 is 11.2 Å². The van der Waals surface area contributed by atoms with Crippen LogP contribution in [0.2, 0.25) is 0 Å². The molecule has 0 saturated heterocycles. The molecule has 1 atom stereocenters. The van der Waals surface area contributed by atoms with Gasteiger partial charge < -0.3 is 4.55 Å². The van der Waals surface area contributed by atoms with Crippen LogP contribution in [0.3, 0.4) is 0 Å². The summed E-state index contributed by atoms with van der Waals surface area (Å²) in [6, 6.07) is 3.43. The number of alkyl halides is 3. The lowest BCUT2D eigenvalue weighted by atomic mass is 10.1. The maximum absolute atomic E-state index is 12.6. The van der Waals surface area contributed by atoms with Gasteiger partial charge >= 0.3 is 6.18 Å². The highest BCUT2D eigenvalue weighted by atomic mass is 32.2. The summed E-state index contributed by atoms with van der Waals surface area (Å²) in [5.74, 6) is -0.683. The van der Waals surface area contributed by atoms with Crippen molar-refractivity contribution in [2.24, 2.45) is 0 Å². The molecule has 8 heteroatoms. The molecule has 1 aromatic heterocycles. The topological polar surface area (TPSA) is 53.8 Å². The van der Waals surface area contributed by atoms with Gasteiger partial charge in [0, 0.05) is 11.6 Å². The molecule has 2 aromatic rings. The molecule has 2 rings (SSSR count). The van der Waals surface area contributed by atoms with Crippen molar-refractivity contribution in [2.75, 3.05) is 5.75 Å². The van der Waals surface area contributed by atoms with Gasteiger partial charge in [0.05, 0.1) is 5.69 Å². The zero-order valence-electron chi connectivity index (χ0n) is 12.4. The summed E-state index contributed by atoms with van der Waals surface area (Å²) in [4.78, 5) is 3.91. The Labute approximate surface area is 129 Å². The van der Waals surface area contributed by atoms with Crippen LogP contribution < -0.4 is 0 Å². The number of halogens is 3. The van der Waals surface area contributed by atoms with E-state index < -0.39 is 23.2 Å². The highest BCUT2D eigenvalue weighted by molar-refractivity contribution is 7.91. The van der Waals surface area contributed by atoms with Gasteiger partial charge in [-0.25, -0.2) is 9.67 Å². The Morgan fingerprint density at radius 1 is 1.23 bits per heavy atom. The number of aryl methyl sites for hydroxylation is 2. The Morgan fingerprint density at radius 3 is 2.45 bits per heavy atom. The van der Waals surface area contributed by atoms with E-state index in [1.54, 1.807) is 19.1 Å². The van der Waals surface area contributed by atoms with E-state index in [0.717, 1.165) is 28.6 Å². The molecule has 1 aromatic carbocycles. The van der Waals surface area contributed by atoms with Gasteiger partial charge in [0.25, 0.3) is 5.82 Å². The second-order valence-electron chi connectivity index (χ2n) is 4.96. The van der Waals surface area contributed by atoms with E-state index in [1.807, 2.05) is 13.8 Å². The molecular formula is C14H16F3N3OS. The number of hydrogen-bond acceptors (Lipinski definition) is 3. The monoisotopic (exact) mass is 331 g/mol. The van der Waals surface area contributed by atoms with E-state index in [-0.39, 0.29) is 0 Å². The number of nitrogens with zero attached hydrogens (tertiary/aromatic N) is 3. The van der Waals surface area contributed by atoms with Crippen LogP contribution in [0.25, 0.3) is 5.69 Å². The molecular weight excluding hydrogens is 315 g/mol. The van der Waals surface area contributed by atoms with Crippen molar-refractivity contribution in [3.05, 3.63) is 35.4 Å². The highest BCUT2D eigenvalue weighted by Gasteiger charge is 2.36. The van der Waals surface area contributed by atoms with E-state index >= 15 is 0 Å². The van der Waals surface area contributed by atoms with Crippen LogP contribution in [0.1, 0.15) is 30.3 Å². The molecule has 0 N–H and O–H groups in total. The first-order chi connectivity index (χ1) is 10.2. The van der Waals surface area contributed by atoms with Gasteiger partial charge in [-0.2, -0.15) is 13.2 Å². The molecule has 4 nitrogen and oxygen atoms in total. The Morgan fingerprint density at radius 2 is 1.91 bits per heavy atom. The Kier molecular flexibility index (Phi) is 4.81. The minimum Gasteiger partial charge on any atom is -0.611 e. The summed E-state index contributed by atoms with van der Waals surface area (Å²) < 4.78 is 51.1. The molecule has 1 heterocycles. The van der Waals surface area contributed by atoms with Crippen LogP contribution in [-0.2, 0) is 17.4 Å². The van der Waals surface area contributed by atoms with Crippen LogP contribution in [0.15, 0.2) is 23.4 Å². The first kappa shape index (κ1) is 16.8. The molecule has 0 radical (unpaired) electrons. The number of aromatic nitrogens is 3. The predicted octanol–water partition coefficient (Wildman–Crippen LogP) is 3.42. The van der Waals surface area contributed by atoms with Gasteiger partial charge in [-0.05, 0) is 43.1 Å². The predicted molar refractivity (Wildman–Crippen MR) is 77.4 cm³/mol. The van der Waals surface area contributed by atoms with Gasteiger partial charge in [-0.15, -0.1) is 5.10 Å². The zero-order valence-corrected chi connectivity index (χ0v) is 13.3. The van der Waals surface area contributed by atoms with Crippen molar-refractivity contribution in [1.82, 2.24) is 14.8 Å².